The van der Waals surface area contributed by atoms with E-state index >= 15 is 4.39 Å². The molecule has 24 heavy (non-hydrogen) atoms. The lowest BCUT2D eigenvalue weighted by Gasteiger charge is -2.27. The molecule has 1 aliphatic carbocycles. The molecule has 0 amide bonds. The van der Waals surface area contributed by atoms with E-state index in [-0.39, 0.29) is 5.82 Å². The Morgan fingerprint density at radius 3 is 2.71 bits per heavy atom. The molecular weight excluding hydrogens is 302 g/mol. The van der Waals surface area contributed by atoms with Gasteiger partial charge in [0.05, 0.1) is 0 Å². The largest absolute Gasteiger partial charge is 0.234 e. The maximum absolute atomic E-state index is 15.8. The van der Waals surface area contributed by atoms with E-state index in [2.05, 4.69) is 6.92 Å². The quantitative estimate of drug-likeness (QED) is 0.571. The van der Waals surface area contributed by atoms with Crippen molar-refractivity contribution >= 4 is 0 Å². The van der Waals surface area contributed by atoms with Crippen LogP contribution in [-0.2, 0) is 5.67 Å². The topological polar surface area (TPSA) is 0 Å². The maximum atomic E-state index is 15.8. The van der Waals surface area contributed by atoms with Gasteiger partial charge in [-0.25, -0.2) is 8.78 Å². The average Bonchev–Trinajstić information content (AvgIpc) is 2.60. The molecular formula is C22H22F2. The van der Waals surface area contributed by atoms with Gasteiger partial charge in [-0.15, -0.1) is 0 Å². The first-order valence-electron chi connectivity index (χ1n) is 8.55. The molecule has 0 aliphatic heterocycles. The van der Waals surface area contributed by atoms with E-state index in [1.54, 1.807) is 12.1 Å². The number of benzene rings is 2. The highest BCUT2D eigenvalue weighted by molar-refractivity contribution is 5.69. The van der Waals surface area contributed by atoms with E-state index in [0.29, 0.717) is 17.5 Å². The van der Waals surface area contributed by atoms with Crippen molar-refractivity contribution in [2.45, 2.75) is 38.3 Å². The molecule has 0 saturated carbocycles. The van der Waals surface area contributed by atoms with Crippen molar-refractivity contribution in [3.05, 3.63) is 83.7 Å². The van der Waals surface area contributed by atoms with Gasteiger partial charge >= 0.3 is 0 Å². The van der Waals surface area contributed by atoms with Crippen molar-refractivity contribution < 1.29 is 8.78 Å². The van der Waals surface area contributed by atoms with Crippen LogP contribution in [-0.4, -0.2) is 0 Å². The molecule has 1 aliphatic rings. The minimum absolute atomic E-state index is 0.307. The first-order valence-corrected chi connectivity index (χ1v) is 8.55. The van der Waals surface area contributed by atoms with Gasteiger partial charge in [0.1, 0.15) is 5.82 Å². The summed E-state index contributed by atoms with van der Waals surface area (Å²) in [5, 5.41) is 0. The molecule has 2 aromatic rings. The third-order valence-corrected chi connectivity index (χ3v) is 4.49. The van der Waals surface area contributed by atoms with Gasteiger partial charge in [-0.3, -0.25) is 0 Å². The van der Waals surface area contributed by atoms with Gasteiger partial charge in [0, 0.05) is 12.0 Å². The summed E-state index contributed by atoms with van der Waals surface area (Å²) in [6, 6.07) is 13.7. The lowest BCUT2D eigenvalue weighted by Crippen LogP contribution is -2.20. The van der Waals surface area contributed by atoms with E-state index in [1.165, 1.54) is 12.1 Å². The number of allylic oxidation sites excluding steroid dienone is 4. The molecule has 2 aromatic carbocycles. The predicted octanol–water partition coefficient (Wildman–Crippen LogP) is 6.73. The van der Waals surface area contributed by atoms with Gasteiger partial charge in [0.2, 0.25) is 0 Å². The van der Waals surface area contributed by atoms with Gasteiger partial charge in [-0.1, -0.05) is 61.9 Å². The van der Waals surface area contributed by atoms with E-state index in [9.17, 15) is 4.39 Å². The Morgan fingerprint density at radius 2 is 1.92 bits per heavy atom. The summed E-state index contributed by atoms with van der Waals surface area (Å²) in [4.78, 5) is 0. The van der Waals surface area contributed by atoms with Gasteiger partial charge in [-0.2, -0.15) is 0 Å². The first-order chi connectivity index (χ1) is 11.6. The van der Waals surface area contributed by atoms with E-state index in [0.717, 1.165) is 30.4 Å². The highest BCUT2D eigenvalue weighted by atomic mass is 19.1. The Morgan fingerprint density at radius 1 is 1.08 bits per heavy atom. The van der Waals surface area contributed by atoms with Crippen molar-refractivity contribution in [1.29, 1.82) is 0 Å². The van der Waals surface area contributed by atoms with Crippen LogP contribution in [0.5, 0.6) is 0 Å². The zero-order valence-electron chi connectivity index (χ0n) is 13.9. The van der Waals surface area contributed by atoms with Crippen molar-refractivity contribution in [3.63, 3.8) is 0 Å². The number of unbranched alkanes of at least 4 members (excludes halogenated alkanes) is 1. The molecule has 0 radical (unpaired) electrons. The Kier molecular flexibility index (Phi) is 4.94. The van der Waals surface area contributed by atoms with Crippen molar-refractivity contribution in [1.82, 2.24) is 0 Å². The predicted molar refractivity (Wildman–Crippen MR) is 96.0 cm³/mol. The lowest BCUT2D eigenvalue weighted by molar-refractivity contribution is 0.234. The molecule has 0 aromatic heterocycles. The zero-order chi connectivity index (χ0) is 17.0. The van der Waals surface area contributed by atoms with Crippen LogP contribution in [0.2, 0.25) is 0 Å². The van der Waals surface area contributed by atoms with Crippen LogP contribution < -0.4 is 0 Å². The summed E-state index contributed by atoms with van der Waals surface area (Å²) in [5.41, 5.74) is 1.57. The fourth-order valence-corrected chi connectivity index (χ4v) is 3.26. The van der Waals surface area contributed by atoms with Crippen molar-refractivity contribution in [2.24, 2.45) is 0 Å². The number of alkyl halides is 1. The van der Waals surface area contributed by atoms with Crippen molar-refractivity contribution in [2.75, 3.05) is 0 Å². The SMILES string of the molecule is CCCCC1=CC(F)(c2ccccc2-c2cccc(F)c2)CC=C1. The van der Waals surface area contributed by atoms with Crippen LogP contribution in [0, 0.1) is 5.82 Å². The second-order valence-electron chi connectivity index (χ2n) is 6.35. The van der Waals surface area contributed by atoms with Crippen LogP contribution in [0.3, 0.4) is 0 Å². The summed E-state index contributed by atoms with van der Waals surface area (Å²) in [5.74, 6) is -0.307. The molecule has 1 atom stereocenters. The second kappa shape index (κ2) is 7.12. The first kappa shape index (κ1) is 16.6. The van der Waals surface area contributed by atoms with Crippen LogP contribution in [0.4, 0.5) is 8.78 Å². The zero-order valence-corrected chi connectivity index (χ0v) is 13.9. The van der Waals surface area contributed by atoms with Crippen molar-refractivity contribution in [3.8, 4) is 11.1 Å². The van der Waals surface area contributed by atoms with Crippen LogP contribution in [0.25, 0.3) is 11.1 Å². The Balaban J connectivity index is 2.03. The fraction of sp³-hybridized carbons (Fsp3) is 0.273. The molecule has 0 fully saturated rings. The summed E-state index contributed by atoms with van der Waals surface area (Å²) in [7, 11) is 0. The van der Waals surface area contributed by atoms with Gasteiger partial charge < -0.3 is 0 Å². The monoisotopic (exact) mass is 324 g/mol. The van der Waals surface area contributed by atoms with Gasteiger partial charge in [-0.05, 0) is 47.8 Å². The normalized spacial score (nSPS) is 20.0. The minimum atomic E-state index is -1.54. The summed E-state index contributed by atoms with van der Waals surface area (Å²) >= 11 is 0. The van der Waals surface area contributed by atoms with E-state index in [1.807, 2.05) is 42.5 Å². The summed E-state index contributed by atoms with van der Waals surface area (Å²) in [6.45, 7) is 2.13. The molecule has 0 spiro atoms. The third kappa shape index (κ3) is 3.48. The van der Waals surface area contributed by atoms with E-state index in [4.69, 9.17) is 0 Å². The van der Waals surface area contributed by atoms with Crippen LogP contribution in [0.1, 0.15) is 38.2 Å². The lowest BCUT2D eigenvalue weighted by atomic mass is 9.82. The third-order valence-electron chi connectivity index (χ3n) is 4.49. The summed E-state index contributed by atoms with van der Waals surface area (Å²) in [6.07, 6.45) is 9.03. The fourth-order valence-electron chi connectivity index (χ4n) is 3.26. The molecule has 0 nitrogen and oxygen atoms in total. The Hall–Kier alpha value is -2.22. The molecule has 0 heterocycles. The minimum Gasteiger partial charge on any atom is -0.234 e. The van der Waals surface area contributed by atoms with Gasteiger partial charge in [0.25, 0.3) is 0 Å². The highest BCUT2D eigenvalue weighted by Crippen LogP contribution is 2.41. The molecule has 124 valence electrons. The molecule has 2 heteroatoms. The Bertz CT molecular complexity index is 773. The van der Waals surface area contributed by atoms with Crippen LogP contribution in [0.15, 0.2) is 72.3 Å². The molecule has 0 bridgehead atoms. The molecule has 0 N–H and O–H groups in total. The second-order valence-corrected chi connectivity index (χ2v) is 6.35. The summed E-state index contributed by atoms with van der Waals surface area (Å²) < 4.78 is 29.4. The molecule has 0 saturated heterocycles. The number of halogens is 2. The molecule has 3 rings (SSSR count). The smallest absolute Gasteiger partial charge is 0.158 e. The highest BCUT2D eigenvalue weighted by Gasteiger charge is 2.32. The van der Waals surface area contributed by atoms with E-state index < -0.39 is 5.67 Å². The number of hydrogen-bond donors (Lipinski definition) is 0. The number of rotatable bonds is 5. The average molecular weight is 324 g/mol. The molecule has 1 unspecified atom stereocenters. The Labute approximate surface area is 142 Å². The van der Waals surface area contributed by atoms with Gasteiger partial charge in [0.15, 0.2) is 5.67 Å². The van der Waals surface area contributed by atoms with Crippen LogP contribution >= 0.6 is 0 Å². The number of hydrogen-bond acceptors (Lipinski definition) is 0. The maximum Gasteiger partial charge on any atom is 0.158 e. The standard InChI is InChI=1S/C22H22F2/c1-2-3-8-17-9-7-14-22(24,16-17)21-13-5-4-12-20(21)18-10-6-11-19(23)15-18/h4-7,9-13,15-16H,2-3,8,14H2,1H3.